The molecule has 3 rings (SSSR count). The van der Waals surface area contributed by atoms with E-state index in [0.29, 0.717) is 12.6 Å². The van der Waals surface area contributed by atoms with Gasteiger partial charge in [0.2, 0.25) is 0 Å². The maximum absolute atomic E-state index is 4.73. The van der Waals surface area contributed by atoms with Crippen LogP contribution in [0.15, 0.2) is 40.7 Å². The molecule has 0 radical (unpaired) electrons. The molecule has 0 bridgehead atoms. The number of rotatable bonds is 6. The SMILES string of the molecule is CCCN1CCC(NC(=NC)NCc2csc(-c3ccccc3)n2)CC1. The second-order valence-corrected chi connectivity index (χ2v) is 7.55. The standard InChI is InChI=1S/C20H29N5S/c1-3-11-25-12-9-17(10-13-25)24-20(21-2)22-14-18-15-26-19(23-18)16-7-5-4-6-8-16/h4-8,15,17H,3,9-14H2,1-2H3,(H2,21,22,24). The molecule has 1 aliphatic heterocycles. The average Bonchev–Trinajstić information content (AvgIpc) is 3.16. The molecule has 0 saturated carbocycles. The first kappa shape index (κ1) is 18.9. The van der Waals surface area contributed by atoms with Gasteiger partial charge in [-0.2, -0.15) is 0 Å². The fourth-order valence-electron chi connectivity index (χ4n) is 3.28. The molecule has 2 heterocycles. The number of nitrogens with one attached hydrogen (secondary N) is 2. The summed E-state index contributed by atoms with van der Waals surface area (Å²) in [6, 6.07) is 10.8. The second-order valence-electron chi connectivity index (χ2n) is 6.70. The summed E-state index contributed by atoms with van der Waals surface area (Å²) in [7, 11) is 1.83. The van der Waals surface area contributed by atoms with E-state index in [4.69, 9.17) is 4.98 Å². The van der Waals surface area contributed by atoms with Crippen LogP contribution in [0.4, 0.5) is 0 Å². The highest BCUT2D eigenvalue weighted by Gasteiger charge is 2.19. The Morgan fingerprint density at radius 3 is 2.73 bits per heavy atom. The van der Waals surface area contributed by atoms with Crippen LogP contribution in [-0.2, 0) is 6.54 Å². The first-order valence-corrected chi connectivity index (χ1v) is 10.4. The molecule has 1 fully saturated rings. The lowest BCUT2D eigenvalue weighted by atomic mass is 10.1. The van der Waals surface area contributed by atoms with Crippen molar-refractivity contribution in [3.8, 4) is 10.6 Å². The fourth-order valence-corrected chi connectivity index (χ4v) is 4.11. The summed E-state index contributed by atoms with van der Waals surface area (Å²) >= 11 is 1.69. The van der Waals surface area contributed by atoms with E-state index in [1.165, 1.54) is 44.5 Å². The van der Waals surface area contributed by atoms with E-state index in [0.717, 1.165) is 16.7 Å². The summed E-state index contributed by atoms with van der Waals surface area (Å²) in [4.78, 5) is 11.7. The van der Waals surface area contributed by atoms with Crippen molar-refractivity contribution in [2.75, 3.05) is 26.7 Å². The van der Waals surface area contributed by atoms with Crippen LogP contribution in [0.2, 0.25) is 0 Å². The van der Waals surface area contributed by atoms with Crippen molar-refractivity contribution in [3.05, 3.63) is 41.4 Å². The topological polar surface area (TPSA) is 52.5 Å². The molecule has 0 amide bonds. The first-order chi connectivity index (χ1) is 12.8. The molecule has 26 heavy (non-hydrogen) atoms. The predicted octanol–water partition coefficient (Wildman–Crippen LogP) is 3.35. The van der Waals surface area contributed by atoms with Crippen molar-refractivity contribution in [1.29, 1.82) is 0 Å². The highest BCUT2D eigenvalue weighted by molar-refractivity contribution is 7.13. The normalized spacial score (nSPS) is 16.6. The van der Waals surface area contributed by atoms with E-state index >= 15 is 0 Å². The van der Waals surface area contributed by atoms with Gasteiger partial charge in [0.1, 0.15) is 5.01 Å². The Kier molecular flexibility index (Phi) is 7.03. The molecule has 0 atom stereocenters. The van der Waals surface area contributed by atoms with Crippen molar-refractivity contribution in [2.45, 2.75) is 38.8 Å². The lowest BCUT2D eigenvalue weighted by molar-refractivity contribution is 0.206. The predicted molar refractivity (Wildman–Crippen MR) is 111 cm³/mol. The third-order valence-electron chi connectivity index (χ3n) is 4.70. The zero-order chi connectivity index (χ0) is 18.2. The number of hydrogen-bond donors (Lipinski definition) is 2. The summed E-state index contributed by atoms with van der Waals surface area (Å²) in [5.41, 5.74) is 2.22. The largest absolute Gasteiger partial charge is 0.354 e. The van der Waals surface area contributed by atoms with Gasteiger partial charge >= 0.3 is 0 Å². The smallest absolute Gasteiger partial charge is 0.191 e. The Morgan fingerprint density at radius 2 is 2.04 bits per heavy atom. The van der Waals surface area contributed by atoms with Crippen LogP contribution in [0.25, 0.3) is 10.6 Å². The third-order valence-corrected chi connectivity index (χ3v) is 5.64. The van der Waals surface area contributed by atoms with Crippen molar-refractivity contribution in [1.82, 2.24) is 20.5 Å². The molecule has 1 aromatic carbocycles. The number of thiazole rings is 1. The van der Waals surface area contributed by atoms with Gasteiger partial charge in [0.15, 0.2) is 5.96 Å². The van der Waals surface area contributed by atoms with Crippen molar-refractivity contribution in [2.24, 2.45) is 4.99 Å². The van der Waals surface area contributed by atoms with Gasteiger partial charge in [-0.25, -0.2) is 4.98 Å². The van der Waals surface area contributed by atoms with Crippen LogP contribution in [0.1, 0.15) is 31.9 Å². The van der Waals surface area contributed by atoms with Gasteiger partial charge in [-0.1, -0.05) is 37.3 Å². The molecule has 1 saturated heterocycles. The average molecular weight is 372 g/mol. The lowest BCUT2D eigenvalue weighted by Crippen LogP contribution is -2.48. The van der Waals surface area contributed by atoms with E-state index in [1.807, 2.05) is 25.2 Å². The summed E-state index contributed by atoms with van der Waals surface area (Å²) in [6.45, 7) is 6.51. The van der Waals surface area contributed by atoms with Crippen molar-refractivity contribution < 1.29 is 0 Å². The number of likely N-dealkylation sites (tertiary alicyclic amines) is 1. The molecule has 2 N–H and O–H groups in total. The van der Waals surface area contributed by atoms with E-state index in [2.05, 4.69) is 45.0 Å². The first-order valence-electron chi connectivity index (χ1n) is 9.48. The van der Waals surface area contributed by atoms with Crippen LogP contribution >= 0.6 is 11.3 Å². The Labute approximate surface area is 160 Å². The van der Waals surface area contributed by atoms with Crippen LogP contribution in [-0.4, -0.2) is 48.6 Å². The Morgan fingerprint density at radius 1 is 1.27 bits per heavy atom. The second kappa shape index (κ2) is 9.69. The summed E-state index contributed by atoms with van der Waals surface area (Å²) in [6.07, 6.45) is 3.59. The minimum atomic E-state index is 0.504. The highest BCUT2D eigenvalue weighted by atomic mass is 32.1. The van der Waals surface area contributed by atoms with Gasteiger partial charge in [-0.3, -0.25) is 4.99 Å². The summed E-state index contributed by atoms with van der Waals surface area (Å²) < 4.78 is 0. The van der Waals surface area contributed by atoms with Crippen LogP contribution in [0, 0.1) is 0 Å². The van der Waals surface area contributed by atoms with Gasteiger partial charge in [-0.15, -0.1) is 11.3 Å². The molecule has 5 nitrogen and oxygen atoms in total. The summed E-state index contributed by atoms with van der Waals surface area (Å²) in [5, 5.41) is 10.1. The quantitative estimate of drug-likeness (QED) is 0.604. The minimum Gasteiger partial charge on any atom is -0.354 e. The molecular formula is C20H29N5S. The van der Waals surface area contributed by atoms with E-state index in [1.54, 1.807) is 11.3 Å². The number of piperidine rings is 1. The van der Waals surface area contributed by atoms with Crippen molar-refractivity contribution >= 4 is 17.3 Å². The molecule has 0 spiro atoms. The van der Waals surface area contributed by atoms with E-state index in [9.17, 15) is 0 Å². The molecule has 2 aromatic rings. The van der Waals surface area contributed by atoms with Gasteiger partial charge in [0, 0.05) is 37.1 Å². The number of guanidine groups is 1. The molecule has 1 aromatic heterocycles. The maximum atomic E-state index is 4.73. The minimum absolute atomic E-state index is 0.504. The van der Waals surface area contributed by atoms with Gasteiger partial charge in [0.25, 0.3) is 0 Å². The molecule has 140 valence electrons. The fraction of sp³-hybridized carbons (Fsp3) is 0.500. The molecule has 0 aliphatic carbocycles. The van der Waals surface area contributed by atoms with Gasteiger partial charge in [-0.05, 0) is 25.8 Å². The zero-order valence-corrected chi connectivity index (χ0v) is 16.6. The molecule has 1 aliphatic rings. The number of aliphatic imine (C=N–C) groups is 1. The summed E-state index contributed by atoms with van der Waals surface area (Å²) in [5.74, 6) is 0.869. The number of benzene rings is 1. The number of nitrogens with zero attached hydrogens (tertiary/aromatic N) is 3. The maximum Gasteiger partial charge on any atom is 0.191 e. The van der Waals surface area contributed by atoms with Crippen LogP contribution in [0.3, 0.4) is 0 Å². The van der Waals surface area contributed by atoms with Gasteiger partial charge in [0.05, 0.1) is 12.2 Å². The number of hydrogen-bond acceptors (Lipinski definition) is 4. The van der Waals surface area contributed by atoms with Crippen molar-refractivity contribution in [3.63, 3.8) is 0 Å². The lowest BCUT2D eigenvalue weighted by Gasteiger charge is -2.32. The Hall–Kier alpha value is -1.92. The van der Waals surface area contributed by atoms with E-state index in [-0.39, 0.29) is 0 Å². The molecule has 6 heteroatoms. The highest BCUT2D eigenvalue weighted by Crippen LogP contribution is 2.23. The van der Waals surface area contributed by atoms with Gasteiger partial charge < -0.3 is 15.5 Å². The molecule has 0 unspecified atom stereocenters. The Balaban J connectivity index is 1.47. The third kappa shape index (κ3) is 5.29. The zero-order valence-electron chi connectivity index (χ0n) is 15.7. The molecular weight excluding hydrogens is 342 g/mol. The van der Waals surface area contributed by atoms with E-state index < -0.39 is 0 Å². The van der Waals surface area contributed by atoms with Crippen LogP contribution in [0.5, 0.6) is 0 Å². The number of aromatic nitrogens is 1. The monoisotopic (exact) mass is 371 g/mol. The van der Waals surface area contributed by atoms with Crippen LogP contribution < -0.4 is 10.6 Å². The Bertz CT molecular complexity index is 689.